The quantitative estimate of drug-likeness (QED) is 0.520. The van der Waals surface area contributed by atoms with Gasteiger partial charge in [-0.1, -0.05) is 30.3 Å². The van der Waals surface area contributed by atoms with Crippen LogP contribution >= 0.6 is 0 Å². The number of urea groups is 2. The summed E-state index contributed by atoms with van der Waals surface area (Å²) in [5, 5.41) is 5.45. The van der Waals surface area contributed by atoms with Crippen LogP contribution < -0.4 is 15.4 Å². The molecule has 0 bridgehead atoms. The molecular weight excluding hydrogens is 484 g/mol. The number of rotatable bonds is 7. The Kier molecular flexibility index (Phi) is 7.90. The number of fused-ring (bicyclic) bond motifs is 1. The van der Waals surface area contributed by atoms with E-state index in [0.717, 1.165) is 36.8 Å². The molecule has 0 aromatic heterocycles. The predicted octanol–water partition coefficient (Wildman–Crippen LogP) is 2.54. The highest BCUT2D eigenvalue weighted by molar-refractivity contribution is 7.90. The largest absolute Gasteiger partial charge is 0.381 e. The maximum atomic E-state index is 12.6. The molecule has 0 saturated heterocycles. The van der Waals surface area contributed by atoms with Crippen molar-refractivity contribution in [3.8, 4) is 0 Å². The summed E-state index contributed by atoms with van der Waals surface area (Å²) in [6.45, 7) is 0.513. The number of ether oxygens (including phenoxy) is 1. The Balaban J connectivity index is 1.23. The average molecular weight is 515 g/mol. The summed E-state index contributed by atoms with van der Waals surface area (Å²) in [5.74, 6) is -0.322. The van der Waals surface area contributed by atoms with E-state index in [1.54, 1.807) is 31.4 Å². The number of nitrogens with zero attached hydrogens (tertiary/aromatic N) is 1. The molecule has 2 aromatic carbocycles. The molecule has 36 heavy (non-hydrogen) atoms. The molecule has 1 aliphatic carbocycles. The zero-order valence-electron chi connectivity index (χ0n) is 20.0. The minimum absolute atomic E-state index is 0.0334. The lowest BCUT2D eigenvalue weighted by Gasteiger charge is -2.28. The fourth-order valence-corrected chi connectivity index (χ4v) is 5.42. The van der Waals surface area contributed by atoms with Crippen LogP contribution in [-0.4, -0.2) is 57.1 Å². The summed E-state index contributed by atoms with van der Waals surface area (Å²) in [6.07, 6.45) is 3.73. The van der Waals surface area contributed by atoms with Crippen LogP contribution in [0.1, 0.15) is 47.2 Å². The molecule has 3 N–H and O–H groups in total. The Morgan fingerprint density at radius 1 is 1.03 bits per heavy atom. The molecule has 4 rings (SSSR count). The third kappa shape index (κ3) is 6.03. The van der Waals surface area contributed by atoms with Gasteiger partial charge >= 0.3 is 12.1 Å². The third-order valence-electron chi connectivity index (χ3n) is 6.56. The van der Waals surface area contributed by atoms with E-state index in [1.807, 2.05) is 12.1 Å². The molecule has 2 aromatic rings. The maximum absolute atomic E-state index is 12.6. The van der Waals surface area contributed by atoms with E-state index in [1.165, 1.54) is 17.0 Å². The second kappa shape index (κ2) is 11.1. The lowest BCUT2D eigenvalue weighted by atomic mass is 9.93. The van der Waals surface area contributed by atoms with Gasteiger partial charge in [0, 0.05) is 25.3 Å². The number of sulfonamides is 1. The highest BCUT2D eigenvalue weighted by Crippen LogP contribution is 2.22. The highest BCUT2D eigenvalue weighted by atomic mass is 32.2. The van der Waals surface area contributed by atoms with Gasteiger partial charge in [0.25, 0.3) is 15.9 Å². The van der Waals surface area contributed by atoms with E-state index in [0.29, 0.717) is 12.0 Å². The van der Waals surface area contributed by atoms with Gasteiger partial charge in [-0.3, -0.25) is 9.69 Å². The highest BCUT2D eigenvalue weighted by Gasteiger charge is 2.31. The smallest absolute Gasteiger partial charge is 0.328 e. The van der Waals surface area contributed by atoms with Gasteiger partial charge in [-0.25, -0.2) is 22.7 Å². The Morgan fingerprint density at radius 3 is 2.39 bits per heavy atom. The van der Waals surface area contributed by atoms with E-state index in [4.69, 9.17) is 4.74 Å². The van der Waals surface area contributed by atoms with Crippen molar-refractivity contribution >= 4 is 28.0 Å². The summed E-state index contributed by atoms with van der Waals surface area (Å²) < 4.78 is 32.5. The van der Waals surface area contributed by atoms with Crippen LogP contribution in [0.5, 0.6) is 0 Å². The number of carbonyl (C=O) groups is 3. The second-order valence-electron chi connectivity index (χ2n) is 8.96. The molecule has 2 aliphatic rings. The summed E-state index contributed by atoms with van der Waals surface area (Å²) in [5.41, 5.74) is 2.14. The average Bonchev–Trinajstić information content (AvgIpc) is 3.21. The molecule has 0 unspecified atom stereocenters. The summed E-state index contributed by atoms with van der Waals surface area (Å²) in [6, 6.07) is 11.9. The van der Waals surface area contributed by atoms with Gasteiger partial charge in [0.15, 0.2) is 0 Å². The van der Waals surface area contributed by atoms with Gasteiger partial charge in [0.05, 0.1) is 17.5 Å². The zero-order valence-corrected chi connectivity index (χ0v) is 20.8. The van der Waals surface area contributed by atoms with Gasteiger partial charge in [0.2, 0.25) is 0 Å². The Labute approximate surface area is 210 Å². The minimum atomic E-state index is -4.02. The first-order valence-electron chi connectivity index (χ1n) is 11.9. The lowest BCUT2D eigenvalue weighted by molar-refractivity contribution is 0.0636. The normalized spacial score (nSPS) is 19.5. The standard InChI is InChI=1S/C25H30N4O6S/c1-35-20-10-8-19(9-11-20)27-24(31)28-36(33,34)21-12-6-17(7-13-21)14-15-26-25(32)29-16-18-4-2-3-5-22(18)23(29)30/h2-7,12-13,19-20H,8-11,14-16H2,1H3,(H,26,32)(H2,27,28,31). The molecule has 1 heterocycles. The van der Waals surface area contributed by atoms with E-state index in [-0.39, 0.29) is 36.0 Å². The van der Waals surface area contributed by atoms with Crippen LogP contribution in [0.2, 0.25) is 0 Å². The van der Waals surface area contributed by atoms with Crippen molar-refractivity contribution in [1.82, 2.24) is 20.3 Å². The number of imide groups is 1. The van der Waals surface area contributed by atoms with Gasteiger partial charge in [-0.05, 0) is 61.4 Å². The Morgan fingerprint density at radius 2 is 1.72 bits per heavy atom. The molecule has 1 fully saturated rings. The molecule has 11 heteroatoms. The number of benzene rings is 2. The molecule has 0 radical (unpaired) electrons. The van der Waals surface area contributed by atoms with Crippen LogP contribution in [-0.2, 0) is 27.7 Å². The van der Waals surface area contributed by atoms with Crippen molar-refractivity contribution < 1.29 is 27.5 Å². The molecule has 192 valence electrons. The number of methoxy groups -OCH3 is 1. The van der Waals surface area contributed by atoms with Gasteiger partial charge in [-0.15, -0.1) is 0 Å². The van der Waals surface area contributed by atoms with Crippen molar-refractivity contribution in [1.29, 1.82) is 0 Å². The number of amides is 5. The first-order valence-corrected chi connectivity index (χ1v) is 13.4. The van der Waals surface area contributed by atoms with E-state index in [9.17, 15) is 22.8 Å². The number of hydrogen-bond donors (Lipinski definition) is 3. The first-order chi connectivity index (χ1) is 17.3. The van der Waals surface area contributed by atoms with Crippen LogP contribution in [0.4, 0.5) is 9.59 Å². The summed E-state index contributed by atoms with van der Waals surface area (Å²) in [7, 11) is -2.36. The number of nitrogens with one attached hydrogen (secondary N) is 3. The molecule has 5 amide bonds. The van der Waals surface area contributed by atoms with Crippen molar-refractivity contribution in [2.24, 2.45) is 0 Å². The Bertz CT molecular complexity index is 1220. The molecule has 0 atom stereocenters. The lowest BCUT2D eigenvalue weighted by Crippen LogP contribution is -2.46. The molecule has 1 aliphatic heterocycles. The predicted molar refractivity (Wildman–Crippen MR) is 132 cm³/mol. The van der Waals surface area contributed by atoms with Crippen LogP contribution in [0.25, 0.3) is 0 Å². The monoisotopic (exact) mass is 514 g/mol. The summed E-state index contributed by atoms with van der Waals surface area (Å²) in [4.78, 5) is 38.2. The van der Waals surface area contributed by atoms with Gasteiger partial charge in [0.1, 0.15) is 0 Å². The van der Waals surface area contributed by atoms with E-state index >= 15 is 0 Å². The van der Waals surface area contributed by atoms with Gasteiger partial charge in [-0.2, -0.15) is 0 Å². The Hall–Kier alpha value is -3.44. The first kappa shape index (κ1) is 25.6. The van der Waals surface area contributed by atoms with Crippen molar-refractivity contribution in [3.05, 3.63) is 65.2 Å². The van der Waals surface area contributed by atoms with E-state index < -0.39 is 22.1 Å². The number of hydrogen-bond acceptors (Lipinski definition) is 6. The molecule has 1 saturated carbocycles. The fraction of sp³-hybridized carbons (Fsp3) is 0.400. The third-order valence-corrected chi connectivity index (χ3v) is 7.91. The molecule has 0 spiro atoms. The van der Waals surface area contributed by atoms with Crippen LogP contribution in [0, 0.1) is 0 Å². The number of carbonyl (C=O) groups excluding carboxylic acids is 3. The SMILES string of the molecule is COC1CCC(NC(=O)NS(=O)(=O)c2ccc(CCNC(=O)N3Cc4ccccc4C3=O)cc2)CC1. The summed E-state index contributed by atoms with van der Waals surface area (Å²) >= 11 is 0. The fourth-order valence-electron chi connectivity index (χ4n) is 4.50. The second-order valence-corrected chi connectivity index (χ2v) is 10.6. The van der Waals surface area contributed by atoms with Crippen LogP contribution in [0.15, 0.2) is 53.4 Å². The van der Waals surface area contributed by atoms with Crippen molar-refractivity contribution in [2.45, 2.75) is 55.7 Å². The molecular formula is C25H30N4O6S. The van der Waals surface area contributed by atoms with Crippen molar-refractivity contribution in [2.75, 3.05) is 13.7 Å². The minimum Gasteiger partial charge on any atom is -0.381 e. The van der Waals surface area contributed by atoms with Crippen molar-refractivity contribution in [3.63, 3.8) is 0 Å². The topological polar surface area (TPSA) is 134 Å². The van der Waals surface area contributed by atoms with E-state index in [2.05, 4.69) is 15.4 Å². The van der Waals surface area contributed by atoms with Crippen LogP contribution in [0.3, 0.4) is 0 Å². The molecule has 10 nitrogen and oxygen atoms in total. The van der Waals surface area contributed by atoms with Gasteiger partial charge < -0.3 is 15.4 Å². The maximum Gasteiger partial charge on any atom is 0.328 e. The zero-order chi connectivity index (χ0) is 25.7.